The molecule has 25 heavy (non-hydrogen) atoms. The highest BCUT2D eigenvalue weighted by atomic mass is 16.5. The largest absolute Gasteiger partial charge is 0.493 e. The van der Waals surface area contributed by atoms with Gasteiger partial charge in [0.1, 0.15) is 5.82 Å². The number of H-pyrrole nitrogens is 1. The Morgan fingerprint density at radius 1 is 1.12 bits per heavy atom. The summed E-state index contributed by atoms with van der Waals surface area (Å²) in [4.78, 5) is 9.11. The van der Waals surface area contributed by atoms with Gasteiger partial charge in [-0.2, -0.15) is 15.1 Å². The summed E-state index contributed by atoms with van der Waals surface area (Å²) in [5, 5.41) is 14.6. The van der Waals surface area contributed by atoms with E-state index < -0.39 is 0 Å². The zero-order chi connectivity index (χ0) is 17.2. The van der Waals surface area contributed by atoms with Gasteiger partial charge in [0.2, 0.25) is 5.95 Å². The van der Waals surface area contributed by atoms with Gasteiger partial charge < -0.3 is 20.1 Å². The fraction of sp³-hybridized carbons (Fsp3) is 0.353. The van der Waals surface area contributed by atoms with Crippen molar-refractivity contribution in [2.75, 3.05) is 24.9 Å². The van der Waals surface area contributed by atoms with Crippen LogP contribution in [0.4, 0.5) is 17.5 Å². The molecule has 0 bridgehead atoms. The molecule has 0 amide bonds. The van der Waals surface area contributed by atoms with Crippen molar-refractivity contribution < 1.29 is 9.47 Å². The van der Waals surface area contributed by atoms with E-state index in [0.717, 1.165) is 16.9 Å². The van der Waals surface area contributed by atoms with Crippen molar-refractivity contribution in [1.82, 2.24) is 20.2 Å². The first-order chi connectivity index (χ1) is 12.3. The Kier molecular flexibility index (Phi) is 4.01. The summed E-state index contributed by atoms with van der Waals surface area (Å²) < 4.78 is 10.6. The van der Waals surface area contributed by atoms with Gasteiger partial charge in [0.25, 0.3) is 0 Å². The predicted molar refractivity (Wildman–Crippen MR) is 95.8 cm³/mol. The maximum Gasteiger partial charge on any atom is 0.231 e. The van der Waals surface area contributed by atoms with Crippen LogP contribution >= 0.6 is 0 Å². The SMILES string of the molecule is COc1ccc(Nc2nc(NC3CCC3)c3cn[nH]c3n2)cc1OC. The van der Waals surface area contributed by atoms with E-state index >= 15 is 0 Å². The van der Waals surface area contributed by atoms with Gasteiger partial charge in [-0.3, -0.25) is 5.10 Å². The average molecular weight is 340 g/mol. The molecule has 0 radical (unpaired) electrons. The number of ether oxygens (including phenoxy) is 2. The second-order valence-electron chi connectivity index (χ2n) is 6.00. The maximum absolute atomic E-state index is 5.34. The first kappa shape index (κ1) is 15.5. The third kappa shape index (κ3) is 3.02. The Morgan fingerprint density at radius 2 is 1.96 bits per heavy atom. The van der Waals surface area contributed by atoms with Crippen LogP contribution < -0.4 is 20.1 Å². The van der Waals surface area contributed by atoms with E-state index in [1.165, 1.54) is 19.3 Å². The fourth-order valence-corrected chi connectivity index (χ4v) is 2.79. The monoisotopic (exact) mass is 340 g/mol. The summed E-state index contributed by atoms with van der Waals surface area (Å²) in [6, 6.07) is 6.05. The van der Waals surface area contributed by atoms with Crippen LogP contribution in [0.15, 0.2) is 24.4 Å². The molecule has 3 aromatic rings. The van der Waals surface area contributed by atoms with E-state index in [0.29, 0.717) is 29.1 Å². The van der Waals surface area contributed by atoms with Gasteiger partial charge in [0.15, 0.2) is 17.1 Å². The molecule has 1 fully saturated rings. The Balaban J connectivity index is 1.64. The van der Waals surface area contributed by atoms with Gasteiger partial charge in [0.05, 0.1) is 25.8 Å². The van der Waals surface area contributed by atoms with Crippen molar-refractivity contribution >= 4 is 28.5 Å². The number of rotatable bonds is 6. The second kappa shape index (κ2) is 6.46. The minimum absolute atomic E-state index is 0.474. The molecule has 0 unspecified atom stereocenters. The van der Waals surface area contributed by atoms with Crippen LogP contribution in [0.1, 0.15) is 19.3 Å². The molecule has 0 atom stereocenters. The minimum Gasteiger partial charge on any atom is -0.493 e. The number of nitrogens with zero attached hydrogens (tertiary/aromatic N) is 3. The molecule has 4 rings (SSSR count). The topological polar surface area (TPSA) is 97.0 Å². The predicted octanol–water partition coefficient (Wildman–Crippen LogP) is 3.08. The van der Waals surface area contributed by atoms with Crippen LogP contribution in [0.3, 0.4) is 0 Å². The van der Waals surface area contributed by atoms with Gasteiger partial charge in [-0.1, -0.05) is 0 Å². The zero-order valence-corrected chi connectivity index (χ0v) is 14.2. The highest BCUT2D eigenvalue weighted by Crippen LogP contribution is 2.32. The highest BCUT2D eigenvalue weighted by molar-refractivity contribution is 5.87. The number of methoxy groups -OCH3 is 2. The molecule has 2 heterocycles. The summed E-state index contributed by atoms with van der Waals surface area (Å²) in [7, 11) is 3.22. The van der Waals surface area contributed by atoms with Crippen molar-refractivity contribution in [2.24, 2.45) is 0 Å². The van der Waals surface area contributed by atoms with Gasteiger partial charge in [0, 0.05) is 17.8 Å². The van der Waals surface area contributed by atoms with E-state index in [2.05, 4.69) is 30.8 Å². The molecule has 1 aliphatic carbocycles. The Morgan fingerprint density at radius 3 is 2.68 bits per heavy atom. The molecule has 3 N–H and O–H groups in total. The Labute approximate surface area is 145 Å². The fourth-order valence-electron chi connectivity index (χ4n) is 2.79. The summed E-state index contributed by atoms with van der Waals surface area (Å²) in [6.07, 6.45) is 5.34. The molecule has 2 aromatic heterocycles. The Bertz CT molecular complexity index is 890. The standard InChI is InChI=1S/C17H20N6O2/c1-24-13-7-6-11(8-14(13)25-2)20-17-21-15(19-10-4-3-5-10)12-9-18-23-16(12)22-17/h6-10H,3-5H2,1-2H3,(H3,18,19,20,21,22,23). The molecule has 0 spiro atoms. The number of fused-ring (bicyclic) bond motifs is 1. The lowest BCUT2D eigenvalue weighted by molar-refractivity contribution is 0.355. The minimum atomic E-state index is 0.474. The summed E-state index contributed by atoms with van der Waals surface area (Å²) in [5.41, 5.74) is 1.51. The van der Waals surface area contributed by atoms with Gasteiger partial charge in [-0.05, 0) is 31.4 Å². The van der Waals surface area contributed by atoms with E-state index in [9.17, 15) is 0 Å². The Hall–Kier alpha value is -3.03. The van der Waals surface area contributed by atoms with Crippen molar-refractivity contribution in [2.45, 2.75) is 25.3 Å². The zero-order valence-electron chi connectivity index (χ0n) is 14.2. The van der Waals surface area contributed by atoms with Crippen LogP contribution in [0.2, 0.25) is 0 Å². The molecular weight excluding hydrogens is 320 g/mol. The number of hydrogen-bond acceptors (Lipinski definition) is 7. The first-order valence-electron chi connectivity index (χ1n) is 8.23. The number of benzene rings is 1. The van der Waals surface area contributed by atoms with Gasteiger partial charge in [-0.15, -0.1) is 0 Å². The number of anilines is 3. The van der Waals surface area contributed by atoms with E-state index in [1.54, 1.807) is 20.4 Å². The first-order valence-corrected chi connectivity index (χ1v) is 8.23. The summed E-state index contributed by atoms with van der Waals surface area (Å²) in [6.45, 7) is 0. The van der Waals surface area contributed by atoms with E-state index in [4.69, 9.17) is 9.47 Å². The smallest absolute Gasteiger partial charge is 0.231 e. The molecule has 1 aromatic carbocycles. The molecule has 1 aliphatic rings. The number of hydrogen-bond donors (Lipinski definition) is 3. The highest BCUT2D eigenvalue weighted by Gasteiger charge is 2.20. The van der Waals surface area contributed by atoms with E-state index in [1.807, 2.05) is 18.2 Å². The number of nitrogens with one attached hydrogen (secondary N) is 3. The quantitative estimate of drug-likeness (QED) is 0.634. The molecule has 0 aliphatic heterocycles. The van der Waals surface area contributed by atoms with Crippen molar-refractivity contribution in [3.05, 3.63) is 24.4 Å². The van der Waals surface area contributed by atoms with E-state index in [-0.39, 0.29) is 0 Å². The lowest BCUT2D eigenvalue weighted by Gasteiger charge is -2.27. The lowest BCUT2D eigenvalue weighted by atomic mass is 9.93. The maximum atomic E-state index is 5.34. The molecule has 8 heteroatoms. The number of aromatic nitrogens is 4. The van der Waals surface area contributed by atoms with Crippen LogP contribution in [-0.4, -0.2) is 40.4 Å². The lowest BCUT2D eigenvalue weighted by Crippen LogP contribution is -2.27. The molecule has 0 saturated heterocycles. The molecule has 1 saturated carbocycles. The average Bonchev–Trinajstić information content (AvgIpc) is 3.06. The third-order valence-corrected chi connectivity index (χ3v) is 4.40. The van der Waals surface area contributed by atoms with Crippen LogP contribution in [0, 0.1) is 0 Å². The normalized spacial score (nSPS) is 14.2. The van der Waals surface area contributed by atoms with Gasteiger partial charge in [-0.25, -0.2) is 0 Å². The molecule has 8 nitrogen and oxygen atoms in total. The molecular formula is C17H20N6O2. The summed E-state index contributed by atoms with van der Waals surface area (Å²) >= 11 is 0. The van der Waals surface area contributed by atoms with Crippen LogP contribution in [-0.2, 0) is 0 Å². The van der Waals surface area contributed by atoms with Crippen LogP contribution in [0.25, 0.3) is 11.0 Å². The van der Waals surface area contributed by atoms with Crippen LogP contribution in [0.5, 0.6) is 11.5 Å². The van der Waals surface area contributed by atoms with Crippen molar-refractivity contribution in [1.29, 1.82) is 0 Å². The van der Waals surface area contributed by atoms with Crippen molar-refractivity contribution in [3.63, 3.8) is 0 Å². The summed E-state index contributed by atoms with van der Waals surface area (Å²) in [5.74, 6) is 2.60. The number of aromatic amines is 1. The van der Waals surface area contributed by atoms with Gasteiger partial charge >= 0.3 is 0 Å². The van der Waals surface area contributed by atoms with Crippen molar-refractivity contribution in [3.8, 4) is 11.5 Å². The second-order valence-corrected chi connectivity index (χ2v) is 6.00. The third-order valence-electron chi connectivity index (χ3n) is 4.40. The molecule has 130 valence electrons.